The Hall–Kier alpha value is -2.33. The highest BCUT2D eigenvalue weighted by Gasteiger charge is 2.16. The molecule has 4 nitrogen and oxygen atoms in total. The van der Waals surface area contributed by atoms with Crippen LogP contribution in [0.4, 0.5) is 0 Å². The highest BCUT2D eigenvalue weighted by Crippen LogP contribution is 2.19. The van der Waals surface area contributed by atoms with E-state index >= 15 is 0 Å². The number of carboxylic acids is 1. The van der Waals surface area contributed by atoms with E-state index in [1.165, 1.54) is 6.08 Å². The Morgan fingerprint density at radius 3 is 2.57 bits per heavy atom. The van der Waals surface area contributed by atoms with Gasteiger partial charge in [-0.15, -0.1) is 0 Å². The molecule has 108 valence electrons. The maximum atomic E-state index is 12.2. The third kappa shape index (κ3) is 3.23. The Balaban J connectivity index is 2.31. The predicted octanol–water partition coefficient (Wildman–Crippen LogP) is 2.54. The molecule has 5 heteroatoms. The fourth-order valence-electron chi connectivity index (χ4n) is 2.19. The van der Waals surface area contributed by atoms with Crippen LogP contribution in [0.3, 0.4) is 0 Å². The molecule has 1 aromatic carbocycles. The van der Waals surface area contributed by atoms with Crippen LogP contribution in [0.15, 0.2) is 30.3 Å². The van der Waals surface area contributed by atoms with Gasteiger partial charge in [0.2, 0.25) is 0 Å². The molecule has 0 saturated carbocycles. The Morgan fingerprint density at radius 2 is 2.00 bits per heavy atom. The second kappa shape index (κ2) is 5.97. The van der Waals surface area contributed by atoms with Gasteiger partial charge >= 0.3 is 0 Å². The minimum Gasteiger partial charge on any atom is -0.543 e. The first-order valence-corrected chi connectivity index (χ1v) is 6.66. The molecule has 0 unspecified atom stereocenters. The van der Waals surface area contributed by atoms with E-state index in [2.05, 4.69) is 4.98 Å². The lowest BCUT2D eigenvalue weighted by atomic mass is 10.0. The summed E-state index contributed by atoms with van der Waals surface area (Å²) in [6.45, 7) is 3.23. The molecule has 0 saturated heterocycles. The molecular formula is C16H13ClNO3-. The van der Waals surface area contributed by atoms with Crippen molar-refractivity contribution in [3.8, 4) is 0 Å². The molecule has 0 aliphatic carbocycles. The number of aromatic carboxylic acids is 1. The second-order valence-corrected chi connectivity index (χ2v) is 5.10. The summed E-state index contributed by atoms with van der Waals surface area (Å²) in [6.07, 6.45) is 3.03. The number of rotatable bonds is 4. The van der Waals surface area contributed by atoms with Gasteiger partial charge in [0.25, 0.3) is 0 Å². The molecule has 0 spiro atoms. The highest BCUT2D eigenvalue weighted by atomic mass is 35.5. The van der Waals surface area contributed by atoms with Crippen molar-refractivity contribution in [1.82, 2.24) is 4.98 Å². The maximum Gasteiger partial charge on any atom is 0.187 e. The van der Waals surface area contributed by atoms with E-state index in [1.54, 1.807) is 38.1 Å². The fourth-order valence-corrected chi connectivity index (χ4v) is 2.39. The number of H-pyrrole nitrogens is 1. The Kier molecular flexibility index (Phi) is 4.29. The number of carbonyl (C=O) groups is 2. The first kappa shape index (κ1) is 15.1. The van der Waals surface area contributed by atoms with Gasteiger partial charge in [0, 0.05) is 16.3 Å². The molecule has 0 amide bonds. The third-order valence-electron chi connectivity index (χ3n) is 3.16. The van der Waals surface area contributed by atoms with Crippen molar-refractivity contribution in [2.75, 3.05) is 0 Å². The predicted molar refractivity (Wildman–Crippen MR) is 79.4 cm³/mol. The van der Waals surface area contributed by atoms with Gasteiger partial charge in [0.15, 0.2) is 5.78 Å². The van der Waals surface area contributed by atoms with Crippen molar-refractivity contribution in [3.05, 3.63) is 63.4 Å². The number of aromatic amines is 1. The van der Waals surface area contributed by atoms with Crippen LogP contribution >= 0.6 is 11.6 Å². The molecule has 2 rings (SSSR count). The van der Waals surface area contributed by atoms with Crippen LogP contribution in [0.5, 0.6) is 0 Å². The summed E-state index contributed by atoms with van der Waals surface area (Å²) in [4.78, 5) is 25.8. The summed E-state index contributed by atoms with van der Waals surface area (Å²) in [5, 5.41) is 11.5. The molecule has 0 aliphatic rings. The zero-order chi connectivity index (χ0) is 15.6. The third-order valence-corrected chi connectivity index (χ3v) is 3.40. The summed E-state index contributed by atoms with van der Waals surface area (Å²) in [7, 11) is 0. The van der Waals surface area contributed by atoms with Crippen LogP contribution in [0.25, 0.3) is 6.08 Å². The zero-order valence-corrected chi connectivity index (χ0v) is 12.3. The number of nitrogens with one attached hydrogen (secondary N) is 1. The molecule has 0 radical (unpaired) electrons. The van der Waals surface area contributed by atoms with Gasteiger partial charge in [-0.3, -0.25) is 4.79 Å². The van der Waals surface area contributed by atoms with Gasteiger partial charge < -0.3 is 14.9 Å². The van der Waals surface area contributed by atoms with Gasteiger partial charge in [-0.25, -0.2) is 0 Å². The van der Waals surface area contributed by atoms with Gasteiger partial charge in [0.05, 0.1) is 11.7 Å². The van der Waals surface area contributed by atoms with Crippen molar-refractivity contribution < 1.29 is 14.7 Å². The van der Waals surface area contributed by atoms with Gasteiger partial charge in [-0.1, -0.05) is 29.8 Å². The minimum absolute atomic E-state index is 0.0630. The van der Waals surface area contributed by atoms with Crippen LogP contribution < -0.4 is 5.11 Å². The number of aryl methyl sites for hydroxylation is 1. The van der Waals surface area contributed by atoms with Crippen molar-refractivity contribution >= 4 is 29.4 Å². The normalized spacial score (nSPS) is 11.0. The monoisotopic (exact) mass is 302 g/mol. The molecule has 21 heavy (non-hydrogen) atoms. The Labute approximate surface area is 127 Å². The molecule has 0 atom stereocenters. The zero-order valence-electron chi connectivity index (χ0n) is 11.6. The summed E-state index contributed by atoms with van der Waals surface area (Å²) < 4.78 is 0. The van der Waals surface area contributed by atoms with Crippen LogP contribution in [0.2, 0.25) is 5.02 Å². The lowest BCUT2D eigenvalue weighted by Crippen LogP contribution is -2.23. The van der Waals surface area contributed by atoms with Gasteiger partial charge in [0.1, 0.15) is 0 Å². The SMILES string of the molecule is Cc1[nH]c(C(=O)[O-])c(C)c1C(=O)/C=C/c1cccc(Cl)c1. The number of benzene rings is 1. The first-order valence-electron chi connectivity index (χ1n) is 6.28. The number of carboxylic acid groups (broad SMARTS) is 1. The van der Waals surface area contributed by atoms with Crippen LogP contribution in [-0.2, 0) is 0 Å². The van der Waals surface area contributed by atoms with E-state index in [0.717, 1.165) is 5.56 Å². The molecule has 0 fully saturated rings. The van der Waals surface area contributed by atoms with E-state index in [0.29, 0.717) is 21.8 Å². The van der Waals surface area contributed by atoms with Crippen molar-refractivity contribution in [3.63, 3.8) is 0 Å². The highest BCUT2D eigenvalue weighted by molar-refractivity contribution is 6.30. The van der Waals surface area contributed by atoms with E-state index in [9.17, 15) is 14.7 Å². The van der Waals surface area contributed by atoms with Crippen LogP contribution in [0.1, 0.15) is 37.7 Å². The maximum absolute atomic E-state index is 12.2. The largest absolute Gasteiger partial charge is 0.543 e. The van der Waals surface area contributed by atoms with Crippen LogP contribution in [0, 0.1) is 13.8 Å². The van der Waals surface area contributed by atoms with Crippen molar-refractivity contribution in [2.24, 2.45) is 0 Å². The quantitative estimate of drug-likeness (QED) is 0.697. The van der Waals surface area contributed by atoms with E-state index in [4.69, 9.17) is 11.6 Å². The number of carbonyl (C=O) groups excluding carboxylic acids is 2. The fraction of sp³-hybridized carbons (Fsp3) is 0.125. The average molecular weight is 303 g/mol. The number of ketones is 1. The Morgan fingerprint density at radius 1 is 1.29 bits per heavy atom. The van der Waals surface area contributed by atoms with Gasteiger partial charge in [-0.2, -0.15) is 0 Å². The van der Waals surface area contributed by atoms with E-state index in [-0.39, 0.29) is 11.5 Å². The number of aromatic nitrogens is 1. The van der Waals surface area contributed by atoms with E-state index < -0.39 is 5.97 Å². The molecule has 1 heterocycles. The first-order chi connectivity index (χ1) is 9.90. The Bertz CT molecular complexity index is 744. The topological polar surface area (TPSA) is 73.0 Å². The molecule has 0 bridgehead atoms. The van der Waals surface area contributed by atoms with E-state index in [1.807, 2.05) is 6.07 Å². The molecular weight excluding hydrogens is 290 g/mol. The molecule has 0 aliphatic heterocycles. The smallest absolute Gasteiger partial charge is 0.187 e. The summed E-state index contributed by atoms with van der Waals surface area (Å²) in [5.41, 5.74) is 1.97. The summed E-state index contributed by atoms with van der Waals surface area (Å²) in [5.74, 6) is -1.60. The summed E-state index contributed by atoms with van der Waals surface area (Å²) >= 11 is 5.87. The standard InChI is InChI=1S/C16H14ClNO3/c1-9-14(10(2)18-15(9)16(20)21)13(19)7-6-11-4-3-5-12(17)8-11/h3-8,18H,1-2H3,(H,20,21)/p-1/b7-6+. The molecule has 2 aromatic rings. The number of hydrogen-bond acceptors (Lipinski definition) is 3. The number of halogens is 1. The lowest BCUT2D eigenvalue weighted by molar-refractivity contribution is -0.255. The molecule has 1 aromatic heterocycles. The number of allylic oxidation sites excluding steroid dienone is 1. The second-order valence-electron chi connectivity index (χ2n) is 4.67. The minimum atomic E-state index is -1.33. The number of hydrogen-bond donors (Lipinski definition) is 1. The summed E-state index contributed by atoms with van der Waals surface area (Å²) in [6, 6.07) is 7.08. The lowest BCUT2D eigenvalue weighted by Gasteiger charge is -2.00. The van der Waals surface area contributed by atoms with Crippen molar-refractivity contribution in [2.45, 2.75) is 13.8 Å². The molecule has 1 N–H and O–H groups in total. The average Bonchev–Trinajstić information content (AvgIpc) is 2.72. The van der Waals surface area contributed by atoms with Crippen molar-refractivity contribution in [1.29, 1.82) is 0 Å². The van der Waals surface area contributed by atoms with Crippen LogP contribution in [-0.4, -0.2) is 16.7 Å². The van der Waals surface area contributed by atoms with Gasteiger partial charge in [-0.05, 0) is 43.2 Å².